The van der Waals surface area contributed by atoms with E-state index < -0.39 is 6.10 Å². The summed E-state index contributed by atoms with van der Waals surface area (Å²) in [5.74, 6) is -0.361. The van der Waals surface area contributed by atoms with Gasteiger partial charge in [-0.25, -0.2) is 0 Å². The lowest BCUT2D eigenvalue weighted by Gasteiger charge is -2.18. The lowest BCUT2D eigenvalue weighted by molar-refractivity contribution is -0.154. The predicted molar refractivity (Wildman–Crippen MR) is 103 cm³/mol. The van der Waals surface area contributed by atoms with Crippen LogP contribution in [0, 0.1) is 0 Å². The third-order valence-electron chi connectivity index (χ3n) is 4.42. The van der Waals surface area contributed by atoms with Crippen LogP contribution in [-0.4, -0.2) is 24.5 Å². The average molecular weight is 353 g/mol. The molecule has 0 aliphatic heterocycles. The third kappa shape index (κ3) is 6.36. The molecule has 0 radical (unpaired) electrons. The van der Waals surface area contributed by atoms with Crippen molar-refractivity contribution in [2.75, 3.05) is 6.54 Å². The van der Waals surface area contributed by atoms with Gasteiger partial charge in [-0.15, -0.1) is 0 Å². The molecule has 0 spiro atoms. The Hall–Kier alpha value is -2.62. The van der Waals surface area contributed by atoms with Crippen LogP contribution in [0.1, 0.15) is 43.7 Å². The van der Waals surface area contributed by atoms with Crippen molar-refractivity contribution >= 4 is 11.9 Å². The van der Waals surface area contributed by atoms with Crippen LogP contribution in [0.25, 0.3) is 0 Å². The number of hydrogen-bond donors (Lipinski definition) is 1. The van der Waals surface area contributed by atoms with Gasteiger partial charge in [0.1, 0.15) is 0 Å². The van der Waals surface area contributed by atoms with Crippen LogP contribution in [0.15, 0.2) is 60.7 Å². The van der Waals surface area contributed by atoms with Crippen LogP contribution in [-0.2, 0) is 20.7 Å². The fraction of sp³-hybridized carbons (Fsp3) is 0.364. The summed E-state index contributed by atoms with van der Waals surface area (Å²) in [7, 11) is 0. The lowest BCUT2D eigenvalue weighted by Crippen LogP contribution is -2.38. The Morgan fingerprint density at radius 1 is 1.00 bits per heavy atom. The average Bonchev–Trinajstić information content (AvgIpc) is 2.68. The largest absolute Gasteiger partial charge is 0.453 e. The molecule has 2 rings (SSSR count). The molecule has 26 heavy (non-hydrogen) atoms. The molecule has 0 unspecified atom stereocenters. The summed E-state index contributed by atoms with van der Waals surface area (Å²) in [4.78, 5) is 24.2. The highest BCUT2D eigenvalue weighted by Crippen LogP contribution is 2.18. The topological polar surface area (TPSA) is 55.4 Å². The normalized spacial score (nSPS) is 12.8. The Morgan fingerprint density at radius 3 is 2.23 bits per heavy atom. The quantitative estimate of drug-likeness (QED) is 0.697. The molecule has 138 valence electrons. The van der Waals surface area contributed by atoms with Crippen molar-refractivity contribution in [2.24, 2.45) is 0 Å². The number of nitrogens with one attached hydrogen (secondary N) is 1. The molecule has 2 aromatic rings. The first-order chi connectivity index (χ1) is 12.6. The number of aryl methyl sites for hydroxylation is 1. The summed E-state index contributed by atoms with van der Waals surface area (Å²) < 4.78 is 5.25. The second-order valence-electron chi connectivity index (χ2n) is 6.38. The zero-order valence-corrected chi connectivity index (χ0v) is 15.5. The molecule has 0 heterocycles. The van der Waals surface area contributed by atoms with E-state index in [4.69, 9.17) is 4.74 Å². The number of hydrogen-bond acceptors (Lipinski definition) is 3. The Balaban J connectivity index is 1.75. The minimum Gasteiger partial charge on any atom is -0.453 e. The van der Waals surface area contributed by atoms with Gasteiger partial charge in [-0.2, -0.15) is 0 Å². The molecule has 0 fully saturated rings. The summed E-state index contributed by atoms with van der Waals surface area (Å²) >= 11 is 0. The number of benzene rings is 2. The number of rotatable bonds is 9. The summed E-state index contributed by atoms with van der Waals surface area (Å²) in [6.45, 7) is 4.24. The smallest absolute Gasteiger partial charge is 0.306 e. The first-order valence-electron chi connectivity index (χ1n) is 9.16. The Labute approximate surface area is 155 Å². The van der Waals surface area contributed by atoms with Crippen LogP contribution in [0.2, 0.25) is 0 Å². The van der Waals surface area contributed by atoms with Gasteiger partial charge in [-0.1, -0.05) is 67.6 Å². The van der Waals surface area contributed by atoms with E-state index in [2.05, 4.69) is 24.4 Å². The summed E-state index contributed by atoms with van der Waals surface area (Å²) in [5, 5.41) is 2.89. The first-order valence-corrected chi connectivity index (χ1v) is 9.16. The van der Waals surface area contributed by atoms with E-state index in [1.165, 1.54) is 5.56 Å². The molecule has 0 aliphatic rings. The molecule has 1 N–H and O–H groups in total. The number of amides is 1. The SMILES string of the molecule is CC[C@@H](CNC(=O)[C@H](C)OC(=O)CCc1ccccc1)c1ccccc1. The molecular formula is C22H27NO3. The van der Waals surface area contributed by atoms with Crippen LogP contribution < -0.4 is 5.32 Å². The number of carbonyl (C=O) groups excluding carboxylic acids is 2. The second-order valence-corrected chi connectivity index (χ2v) is 6.38. The van der Waals surface area contributed by atoms with E-state index in [1.807, 2.05) is 48.5 Å². The maximum Gasteiger partial charge on any atom is 0.306 e. The van der Waals surface area contributed by atoms with E-state index in [0.717, 1.165) is 12.0 Å². The van der Waals surface area contributed by atoms with E-state index in [-0.39, 0.29) is 24.2 Å². The fourth-order valence-corrected chi connectivity index (χ4v) is 2.79. The Bertz CT molecular complexity index is 685. The zero-order valence-electron chi connectivity index (χ0n) is 15.5. The van der Waals surface area contributed by atoms with Gasteiger partial charge < -0.3 is 10.1 Å². The number of esters is 1. The van der Waals surface area contributed by atoms with Crippen molar-refractivity contribution in [3.05, 3.63) is 71.8 Å². The molecular weight excluding hydrogens is 326 g/mol. The molecule has 4 heteroatoms. The molecule has 0 saturated carbocycles. The van der Waals surface area contributed by atoms with Crippen molar-refractivity contribution in [3.63, 3.8) is 0 Å². The molecule has 2 atom stereocenters. The Morgan fingerprint density at radius 2 is 1.62 bits per heavy atom. The second kappa shape index (κ2) is 10.4. The van der Waals surface area contributed by atoms with Gasteiger partial charge >= 0.3 is 5.97 Å². The van der Waals surface area contributed by atoms with E-state index in [0.29, 0.717) is 13.0 Å². The van der Waals surface area contributed by atoms with E-state index in [9.17, 15) is 9.59 Å². The molecule has 0 saturated heterocycles. The van der Waals surface area contributed by atoms with Crippen LogP contribution >= 0.6 is 0 Å². The minimum absolute atomic E-state index is 0.251. The standard InChI is InChI=1S/C22H27NO3/c1-3-19(20-12-8-5-9-13-20)16-23-22(25)17(2)26-21(24)15-14-18-10-6-4-7-11-18/h4-13,17,19H,3,14-16H2,1-2H3,(H,23,25)/t17-,19-/m0/s1. The highest BCUT2D eigenvalue weighted by molar-refractivity contribution is 5.83. The predicted octanol–water partition coefficient (Wildman–Crippen LogP) is 3.86. The van der Waals surface area contributed by atoms with Crippen molar-refractivity contribution in [3.8, 4) is 0 Å². The van der Waals surface area contributed by atoms with Gasteiger partial charge in [0.2, 0.25) is 0 Å². The number of ether oxygens (including phenoxy) is 1. The van der Waals surface area contributed by atoms with Crippen molar-refractivity contribution in [1.82, 2.24) is 5.32 Å². The summed E-state index contributed by atoms with van der Waals surface area (Å²) in [6.07, 6.45) is 1.02. The van der Waals surface area contributed by atoms with E-state index in [1.54, 1.807) is 6.92 Å². The van der Waals surface area contributed by atoms with Crippen LogP contribution in [0.5, 0.6) is 0 Å². The summed E-state index contributed by atoms with van der Waals surface area (Å²) in [6, 6.07) is 19.9. The highest BCUT2D eigenvalue weighted by atomic mass is 16.5. The fourth-order valence-electron chi connectivity index (χ4n) is 2.79. The van der Waals surface area contributed by atoms with Gasteiger partial charge in [-0.3, -0.25) is 9.59 Å². The van der Waals surface area contributed by atoms with Gasteiger partial charge in [0.25, 0.3) is 5.91 Å². The van der Waals surface area contributed by atoms with Crippen LogP contribution in [0.4, 0.5) is 0 Å². The van der Waals surface area contributed by atoms with Gasteiger partial charge in [0.05, 0.1) is 0 Å². The minimum atomic E-state index is -0.786. The maximum atomic E-state index is 12.2. The zero-order chi connectivity index (χ0) is 18.8. The molecule has 0 aliphatic carbocycles. The van der Waals surface area contributed by atoms with E-state index >= 15 is 0 Å². The first kappa shape index (κ1) is 19.7. The molecule has 1 amide bonds. The highest BCUT2D eigenvalue weighted by Gasteiger charge is 2.19. The molecule has 4 nitrogen and oxygen atoms in total. The van der Waals surface area contributed by atoms with Gasteiger partial charge in [0, 0.05) is 18.9 Å². The van der Waals surface area contributed by atoms with Crippen molar-refractivity contribution in [1.29, 1.82) is 0 Å². The third-order valence-corrected chi connectivity index (χ3v) is 4.42. The number of carbonyl (C=O) groups is 2. The van der Waals surface area contributed by atoms with Crippen molar-refractivity contribution < 1.29 is 14.3 Å². The monoisotopic (exact) mass is 353 g/mol. The Kier molecular flexibility index (Phi) is 7.87. The van der Waals surface area contributed by atoms with Gasteiger partial charge in [0.15, 0.2) is 6.10 Å². The summed E-state index contributed by atoms with van der Waals surface area (Å²) in [5.41, 5.74) is 2.28. The molecule has 0 aromatic heterocycles. The van der Waals surface area contributed by atoms with Gasteiger partial charge in [-0.05, 0) is 30.9 Å². The molecule has 0 bridgehead atoms. The van der Waals surface area contributed by atoms with Crippen LogP contribution in [0.3, 0.4) is 0 Å². The maximum absolute atomic E-state index is 12.2. The van der Waals surface area contributed by atoms with Crippen molar-refractivity contribution in [2.45, 2.75) is 45.1 Å². The lowest BCUT2D eigenvalue weighted by atomic mass is 9.96. The molecule has 2 aromatic carbocycles.